The lowest BCUT2D eigenvalue weighted by Crippen LogP contribution is -2.48. The summed E-state index contributed by atoms with van der Waals surface area (Å²) in [4.78, 5) is 12.7. The Hall–Kier alpha value is -3.15. The van der Waals surface area contributed by atoms with Gasteiger partial charge in [-0.25, -0.2) is 0 Å². The Kier molecular flexibility index (Phi) is 9.04. The second kappa shape index (κ2) is 12.2. The van der Waals surface area contributed by atoms with Crippen molar-refractivity contribution in [3.05, 3.63) is 101 Å². The largest absolute Gasteiger partial charge is 0.483 e. The summed E-state index contributed by atoms with van der Waals surface area (Å²) in [5.41, 5.74) is 10.5. The smallest absolute Gasteiger partial charge is 0.258 e. The molecule has 4 N–H and O–H groups in total. The lowest BCUT2D eigenvalue weighted by atomic mass is 9.94. The molecular weight excluding hydrogens is 412 g/mol. The van der Waals surface area contributed by atoms with Gasteiger partial charge in [-0.2, -0.15) is 0 Å². The number of rotatable bonds is 11. The molecule has 0 bridgehead atoms. The molecule has 0 saturated carbocycles. The molecule has 0 fully saturated rings. The van der Waals surface area contributed by atoms with Gasteiger partial charge in [0.1, 0.15) is 5.75 Å². The van der Waals surface area contributed by atoms with Crippen LogP contribution in [0.3, 0.4) is 0 Å². The summed E-state index contributed by atoms with van der Waals surface area (Å²) in [5.74, 6) is 0.451. The molecule has 174 valence electrons. The first kappa shape index (κ1) is 24.5. The number of para-hydroxylation sites is 1. The summed E-state index contributed by atoms with van der Waals surface area (Å²) in [7, 11) is 0. The molecule has 3 atom stereocenters. The second-order valence-electron chi connectivity index (χ2n) is 8.63. The van der Waals surface area contributed by atoms with E-state index < -0.39 is 12.1 Å². The summed E-state index contributed by atoms with van der Waals surface area (Å²) in [6.45, 7) is 3.80. The molecule has 0 aliphatic heterocycles. The predicted octanol–water partition coefficient (Wildman–Crippen LogP) is 3.73. The van der Waals surface area contributed by atoms with Crippen molar-refractivity contribution >= 4 is 5.91 Å². The number of aryl methyl sites for hydroxylation is 2. The molecule has 5 heteroatoms. The van der Waals surface area contributed by atoms with Gasteiger partial charge in [-0.3, -0.25) is 4.79 Å². The van der Waals surface area contributed by atoms with Gasteiger partial charge < -0.3 is 20.9 Å². The van der Waals surface area contributed by atoms with Crippen LogP contribution >= 0.6 is 0 Å². The number of hydrogen-bond acceptors (Lipinski definition) is 4. The van der Waals surface area contributed by atoms with Gasteiger partial charge in [0.15, 0.2) is 6.61 Å². The second-order valence-corrected chi connectivity index (χ2v) is 8.63. The van der Waals surface area contributed by atoms with Crippen LogP contribution in [0.5, 0.6) is 5.75 Å². The summed E-state index contributed by atoms with van der Waals surface area (Å²) in [6, 6.07) is 25.0. The van der Waals surface area contributed by atoms with E-state index in [1.807, 2.05) is 92.7 Å². The van der Waals surface area contributed by atoms with Gasteiger partial charge in [0, 0.05) is 6.04 Å². The number of nitrogens with one attached hydrogen (secondary N) is 1. The third kappa shape index (κ3) is 7.74. The maximum absolute atomic E-state index is 12.7. The molecule has 5 nitrogen and oxygen atoms in total. The van der Waals surface area contributed by atoms with Crippen LogP contribution < -0.4 is 15.8 Å². The maximum atomic E-state index is 12.7. The zero-order valence-corrected chi connectivity index (χ0v) is 19.4. The zero-order valence-electron chi connectivity index (χ0n) is 19.4. The Morgan fingerprint density at radius 3 is 2.00 bits per heavy atom. The van der Waals surface area contributed by atoms with Crippen LogP contribution in [0.25, 0.3) is 0 Å². The number of aliphatic hydroxyl groups excluding tert-OH is 1. The maximum Gasteiger partial charge on any atom is 0.258 e. The fourth-order valence-electron chi connectivity index (χ4n) is 4.04. The lowest BCUT2D eigenvalue weighted by Gasteiger charge is -2.27. The minimum atomic E-state index is -0.784. The number of nitrogens with two attached hydrogens (primary N) is 1. The molecule has 0 aromatic heterocycles. The van der Waals surface area contributed by atoms with Crippen LogP contribution in [0, 0.1) is 13.8 Å². The Balaban J connectivity index is 1.63. The molecule has 3 rings (SSSR count). The molecule has 3 aromatic rings. The zero-order chi connectivity index (χ0) is 23.6. The van der Waals surface area contributed by atoms with E-state index in [0.29, 0.717) is 19.3 Å². The van der Waals surface area contributed by atoms with Crippen molar-refractivity contribution in [2.24, 2.45) is 5.73 Å². The van der Waals surface area contributed by atoms with Crippen molar-refractivity contribution in [2.75, 3.05) is 6.61 Å². The predicted molar refractivity (Wildman–Crippen MR) is 132 cm³/mol. The van der Waals surface area contributed by atoms with E-state index in [-0.39, 0.29) is 18.6 Å². The van der Waals surface area contributed by atoms with Gasteiger partial charge in [-0.1, -0.05) is 78.9 Å². The average Bonchev–Trinajstić information content (AvgIpc) is 2.79. The highest BCUT2D eigenvalue weighted by molar-refractivity contribution is 5.78. The van der Waals surface area contributed by atoms with E-state index >= 15 is 0 Å². The normalized spacial score (nSPS) is 13.7. The monoisotopic (exact) mass is 446 g/mol. The summed E-state index contributed by atoms with van der Waals surface area (Å²) in [6.07, 6.45) is 0.771. The Labute approximate surface area is 196 Å². The number of ether oxygens (including phenoxy) is 1. The number of carbonyl (C=O) groups excluding carboxylic acids is 1. The molecule has 0 heterocycles. The standard InChI is InChI=1S/C28H34N2O3/c1-20-10-9-11-21(2)28(20)33-19-27(32)30-25(17-23-14-7-4-8-15-23)26(31)18-24(29)16-22-12-5-3-6-13-22/h3-15,24-26,31H,16-19,29H2,1-2H3,(H,30,32)/t24?,25-,26-/m0/s1. The van der Waals surface area contributed by atoms with Crippen LogP contribution in [0.2, 0.25) is 0 Å². The third-order valence-corrected chi connectivity index (χ3v) is 5.75. The van der Waals surface area contributed by atoms with Crippen LogP contribution in [0.15, 0.2) is 78.9 Å². The van der Waals surface area contributed by atoms with Crippen LogP contribution in [0.4, 0.5) is 0 Å². The highest BCUT2D eigenvalue weighted by Crippen LogP contribution is 2.22. The fourth-order valence-corrected chi connectivity index (χ4v) is 4.04. The Morgan fingerprint density at radius 2 is 1.42 bits per heavy atom. The van der Waals surface area contributed by atoms with E-state index in [1.54, 1.807) is 0 Å². The highest BCUT2D eigenvalue weighted by atomic mass is 16.5. The molecule has 0 aliphatic carbocycles. The van der Waals surface area contributed by atoms with Crippen molar-refractivity contribution in [3.63, 3.8) is 0 Å². The molecule has 1 amide bonds. The fraction of sp³-hybridized carbons (Fsp3) is 0.321. The van der Waals surface area contributed by atoms with E-state index in [9.17, 15) is 9.90 Å². The van der Waals surface area contributed by atoms with Crippen molar-refractivity contribution in [1.29, 1.82) is 0 Å². The summed E-state index contributed by atoms with van der Waals surface area (Å²) in [5, 5.41) is 14.0. The summed E-state index contributed by atoms with van der Waals surface area (Å²) >= 11 is 0. The van der Waals surface area contributed by atoms with E-state index in [4.69, 9.17) is 10.5 Å². The number of benzene rings is 3. The molecule has 0 radical (unpaired) electrons. The minimum absolute atomic E-state index is 0.111. The Bertz CT molecular complexity index is 988. The SMILES string of the molecule is Cc1cccc(C)c1OCC(=O)N[C@@H](Cc1ccccc1)[C@@H](O)CC(N)Cc1ccccc1. The number of aliphatic hydroxyl groups is 1. The lowest BCUT2D eigenvalue weighted by molar-refractivity contribution is -0.124. The van der Waals surface area contributed by atoms with E-state index in [0.717, 1.165) is 28.0 Å². The molecule has 0 spiro atoms. The van der Waals surface area contributed by atoms with Crippen LogP contribution in [0.1, 0.15) is 28.7 Å². The van der Waals surface area contributed by atoms with Gasteiger partial charge >= 0.3 is 0 Å². The van der Waals surface area contributed by atoms with Crippen molar-refractivity contribution in [1.82, 2.24) is 5.32 Å². The molecule has 0 aliphatic rings. The number of hydrogen-bond donors (Lipinski definition) is 3. The minimum Gasteiger partial charge on any atom is -0.483 e. The van der Waals surface area contributed by atoms with Crippen molar-refractivity contribution in [2.45, 2.75) is 51.3 Å². The first-order chi connectivity index (χ1) is 15.9. The number of amides is 1. The van der Waals surface area contributed by atoms with Gasteiger partial charge in [0.2, 0.25) is 0 Å². The third-order valence-electron chi connectivity index (χ3n) is 5.75. The van der Waals surface area contributed by atoms with Crippen LogP contribution in [-0.2, 0) is 17.6 Å². The molecule has 0 saturated heterocycles. The highest BCUT2D eigenvalue weighted by Gasteiger charge is 2.24. The molecule has 33 heavy (non-hydrogen) atoms. The van der Waals surface area contributed by atoms with Crippen LogP contribution in [-0.4, -0.2) is 35.8 Å². The van der Waals surface area contributed by atoms with E-state index in [2.05, 4.69) is 5.32 Å². The molecule has 3 aromatic carbocycles. The first-order valence-electron chi connectivity index (χ1n) is 11.4. The first-order valence-corrected chi connectivity index (χ1v) is 11.4. The Morgan fingerprint density at radius 1 is 0.879 bits per heavy atom. The van der Waals surface area contributed by atoms with Crippen molar-refractivity contribution in [3.8, 4) is 5.75 Å². The topological polar surface area (TPSA) is 84.6 Å². The average molecular weight is 447 g/mol. The van der Waals surface area contributed by atoms with E-state index in [1.165, 1.54) is 0 Å². The molecule has 1 unspecified atom stereocenters. The van der Waals surface area contributed by atoms with Gasteiger partial charge in [0.05, 0.1) is 12.1 Å². The van der Waals surface area contributed by atoms with Gasteiger partial charge in [0.25, 0.3) is 5.91 Å². The van der Waals surface area contributed by atoms with Crippen molar-refractivity contribution < 1.29 is 14.6 Å². The molecular formula is C28H34N2O3. The summed E-state index contributed by atoms with van der Waals surface area (Å²) < 4.78 is 5.80. The van der Waals surface area contributed by atoms with Gasteiger partial charge in [-0.05, 0) is 55.4 Å². The van der Waals surface area contributed by atoms with Gasteiger partial charge in [-0.15, -0.1) is 0 Å². The number of carbonyl (C=O) groups is 1. The quantitative estimate of drug-likeness (QED) is 0.419.